The van der Waals surface area contributed by atoms with Crippen molar-refractivity contribution in [1.29, 1.82) is 0 Å². The summed E-state index contributed by atoms with van der Waals surface area (Å²) in [4.78, 5) is 11.9. The second-order valence-corrected chi connectivity index (χ2v) is 6.00. The van der Waals surface area contributed by atoms with Gasteiger partial charge >= 0.3 is 0 Å². The minimum absolute atomic E-state index is 0.200. The maximum atomic E-state index is 11.9. The van der Waals surface area contributed by atoms with Gasteiger partial charge in [-0.15, -0.1) is 0 Å². The van der Waals surface area contributed by atoms with Crippen LogP contribution in [0.15, 0.2) is 16.8 Å². The Hall–Kier alpha value is -0.870. The zero-order valence-electron chi connectivity index (χ0n) is 10.9. The zero-order chi connectivity index (χ0) is 12.8. The fraction of sp³-hybridized carbons (Fsp3) is 0.643. The molecule has 0 spiro atoms. The molecule has 0 bridgehead atoms. The first-order valence-electron chi connectivity index (χ1n) is 6.75. The Morgan fingerprint density at radius 2 is 2.56 bits per heavy atom. The summed E-state index contributed by atoms with van der Waals surface area (Å²) in [5.74, 6) is 0.721. The van der Waals surface area contributed by atoms with Crippen molar-refractivity contribution >= 4 is 17.2 Å². The smallest absolute Gasteiger partial charge is 0.220 e. The molecule has 2 heterocycles. The van der Waals surface area contributed by atoms with Crippen molar-refractivity contribution in [3.8, 4) is 0 Å². The van der Waals surface area contributed by atoms with Gasteiger partial charge < -0.3 is 10.6 Å². The predicted molar refractivity (Wildman–Crippen MR) is 75.8 cm³/mol. The molecule has 100 valence electrons. The van der Waals surface area contributed by atoms with Gasteiger partial charge in [-0.3, -0.25) is 4.79 Å². The number of carbonyl (C=O) groups is 1. The Labute approximate surface area is 113 Å². The number of hydrogen-bond donors (Lipinski definition) is 2. The molecule has 3 nitrogen and oxygen atoms in total. The maximum Gasteiger partial charge on any atom is 0.220 e. The van der Waals surface area contributed by atoms with E-state index in [2.05, 4.69) is 34.4 Å². The van der Waals surface area contributed by atoms with Gasteiger partial charge in [0.2, 0.25) is 5.91 Å². The van der Waals surface area contributed by atoms with Gasteiger partial charge in [0.1, 0.15) is 0 Å². The third-order valence-electron chi connectivity index (χ3n) is 3.40. The summed E-state index contributed by atoms with van der Waals surface area (Å²) in [6.07, 6.45) is 3.97. The molecule has 2 atom stereocenters. The molecule has 0 saturated carbocycles. The number of amides is 1. The van der Waals surface area contributed by atoms with Gasteiger partial charge in [0.05, 0.1) is 0 Å². The van der Waals surface area contributed by atoms with Crippen LogP contribution in [0.25, 0.3) is 0 Å². The number of carbonyl (C=O) groups excluding carboxylic acids is 1. The molecule has 2 rings (SSSR count). The fourth-order valence-corrected chi connectivity index (χ4v) is 3.19. The van der Waals surface area contributed by atoms with Gasteiger partial charge in [0.15, 0.2) is 0 Å². The van der Waals surface area contributed by atoms with E-state index in [0.29, 0.717) is 12.3 Å². The number of hydrogen-bond acceptors (Lipinski definition) is 3. The summed E-state index contributed by atoms with van der Waals surface area (Å²) in [5, 5.41) is 10.7. The van der Waals surface area contributed by atoms with E-state index in [1.54, 1.807) is 11.3 Å². The Morgan fingerprint density at radius 3 is 3.22 bits per heavy atom. The van der Waals surface area contributed by atoms with Crippen molar-refractivity contribution in [2.45, 2.75) is 38.6 Å². The van der Waals surface area contributed by atoms with Gasteiger partial charge in [-0.1, -0.05) is 0 Å². The van der Waals surface area contributed by atoms with Crippen molar-refractivity contribution in [3.05, 3.63) is 22.4 Å². The monoisotopic (exact) mass is 266 g/mol. The summed E-state index contributed by atoms with van der Waals surface area (Å²) in [5.41, 5.74) is 1.31. The van der Waals surface area contributed by atoms with Gasteiger partial charge in [0, 0.05) is 12.5 Å². The van der Waals surface area contributed by atoms with Crippen molar-refractivity contribution in [3.63, 3.8) is 0 Å². The van der Waals surface area contributed by atoms with Crippen LogP contribution >= 0.6 is 11.3 Å². The Bertz CT molecular complexity index is 358. The van der Waals surface area contributed by atoms with E-state index >= 15 is 0 Å². The molecule has 1 aromatic heterocycles. The van der Waals surface area contributed by atoms with Crippen LogP contribution in [0.4, 0.5) is 0 Å². The molecule has 1 saturated heterocycles. The standard InChI is InChI=1S/C14H22N2OS/c1-11(7-13-4-6-18-10-13)16-14(17)8-12-3-2-5-15-9-12/h4,6,10-12,15H,2-3,5,7-9H2,1H3,(H,16,17). The van der Waals surface area contributed by atoms with E-state index in [9.17, 15) is 4.79 Å². The average molecular weight is 266 g/mol. The van der Waals surface area contributed by atoms with Crippen LogP contribution in [0.5, 0.6) is 0 Å². The topological polar surface area (TPSA) is 41.1 Å². The second kappa shape index (κ2) is 6.90. The highest BCUT2D eigenvalue weighted by Crippen LogP contribution is 2.14. The van der Waals surface area contributed by atoms with Gasteiger partial charge in [0.25, 0.3) is 0 Å². The number of thiophene rings is 1. The molecule has 18 heavy (non-hydrogen) atoms. The largest absolute Gasteiger partial charge is 0.353 e. The van der Waals surface area contributed by atoms with E-state index in [-0.39, 0.29) is 11.9 Å². The lowest BCUT2D eigenvalue weighted by atomic mass is 9.95. The summed E-state index contributed by atoms with van der Waals surface area (Å²) >= 11 is 1.71. The summed E-state index contributed by atoms with van der Waals surface area (Å²) in [6.45, 7) is 4.17. The van der Waals surface area contributed by atoms with E-state index in [4.69, 9.17) is 0 Å². The van der Waals surface area contributed by atoms with Crippen LogP contribution in [-0.4, -0.2) is 25.0 Å². The molecule has 0 aromatic carbocycles. The van der Waals surface area contributed by atoms with Crippen LogP contribution in [0.1, 0.15) is 31.7 Å². The predicted octanol–water partition coefficient (Wildman–Crippen LogP) is 2.18. The van der Waals surface area contributed by atoms with E-state index < -0.39 is 0 Å². The first-order chi connectivity index (χ1) is 8.74. The maximum absolute atomic E-state index is 11.9. The van der Waals surface area contributed by atoms with Crippen molar-refractivity contribution in [2.24, 2.45) is 5.92 Å². The van der Waals surface area contributed by atoms with Crippen molar-refractivity contribution in [1.82, 2.24) is 10.6 Å². The molecule has 2 unspecified atom stereocenters. The van der Waals surface area contributed by atoms with Crippen LogP contribution < -0.4 is 10.6 Å². The van der Waals surface area contributed by atoms with E-state index in [0.717, 1.165) is 19.5 Å². The molecule has 1 aliphatic rings. The fourth-order valence-electron chi connectivity index (χ4n) is 2.51. The molecular weight excluding hydrogens is 244 g/mol. The lowest BCUT2D eigenvalue weighted by Gasteiger charge is -2.23. The lowest BCUT2D eigenvalue weighted by molar-refractivity contribution is -0.122. The van der Waals surface area contributed by atoms with E-state index in [1.807, 2.05) is 0 Å². The van der Waals surface area contributed by atoms with Crippen molar-refractivity contribution in [2.75, 3.05) is 13.1 Å². The SMILES string of the molecule is CC(Cc1ccsc1)NC(=O)CC1CCCNC1. The minimum Gasteiger partial charge on any atom is -0.353 e. The molecule has 1 aromatic rings. The third kappa shape index (κ3) is 4.42. The summed E-state index contributed by atoms with van der Waals surface area (Å²) < 4.78 is 0. The van der Waals surface area contributed by atoms with Crippen LogP contribution in [-0.2, 0) is 11.2 Å². The minimum atomic E-state index is 0.200. The highest BCUT2D eigenvalue weighted by atomic mass is 32.1. The highest BCUT2D eigenvalue weighted by Gasteiger charge is 2.17. The molecule has 1 aliphatic heterocycles. The molecule has 1 amide bonds. The summed E-state index contributed by atoms with van der Waals surface area (Å²) in [6, 6.07) is 2.35. The number of piperidine rings is 1. The first-order valence-corrected chi connectivity index (χ1v) is 7.69. The normalized spacial score (nSPS) is 21.5. The number of rotatable bonds is 5. The van der Waals surface area contributed by atoms with E-state index in [1.165, 1.54) is 18.4 Å². The molecule has 4 heteroatoms. The van der Waals surface area contributed by atoms with Gasteiger partial charge in [-0.2, -0.15) is 11.3 Å². The van der Waals surface area contributed by atoms with Crippen LogP contribution in [0.3, 0.4) is 0 Å². The summed E-state index contributed by atoms with van der Waals surface area (Å²) in [7, 11) is 0. The zero-order valence-corrected chi connectivity index (χ0v) is 11.8. The Kier molecular flexibility index (Phi) is 5.20. The quantitative estimate of drug-likeness (QED) is 0.857. The average Bonchev–Trinajstić information content (AvgIpc) is 2.82. The molecule has 1 fully saturated rings. The second-order valence-electron chi connectivity index (χ2n) is 5.22. The third-order valence-corrected chi connectivity index (χ3v) is 4.13. The molecule has 0 aliphatic carbocycles. The molecular formula is C14H22N2OS. The molecule has 2 N–H and O–H groups in total. The molecule has 0 radical (unpaired) electrons. The lowest BCUT2D eigenvalue weighted by Crippen LogP contribution is -2.38. The number of nitrogens with one attached hydrogen (secondary N) is 2. The Morgan fingerprint density at radius 1 is 1.67 bits per heavy atom. The van der Waals surface area contributed by atoms with Crippen LogP contribution in [0, 0.1) is 5.92 Å². The van der Waals surface area contributed by atoms with Gasteiger partial charge in [-0.05, 0) is 67.6 Å². The van der Waals surface area contributed by atoms with Crippen LogP contribution in [0.2, 0.25) is 0 Å². The Balaban J connectivity index is 1.69. The first kappa shape index (κ1) is 13.6. The highest BCUT2D eigenvalue weighted by molar-refractivity contribution is 7.07. The van der Waals surface area contributed by atoms with Gasteiger partial charge in [-0.25, -0.2) is 0 Å². The van der Waals surface area contributed by atoms with Crippen molar-refractivity contribution < 1.29 is 4.79 Å².